The second-order valence-electron chi connectivity index (χ2n) is 5.66. The number of anilines is 2. The Balaban J connectivity index is 2.22. The molecule has 0 bridgehead atoms. The van der Waals surface area contributed by atoms with Gasteiger partial charge in [0.2, 0.25) is 0 Å². The third-order valence-corrected chi connectivity index (χ3v) is 3.96. The van der Waals surface area contributed by atoms with Crippen LogP contribution in [-0.2, 0) is 0 Å². The zero-order chi connectivity index (χ0) is 15.4. The predicted octanol–water partition coefficient (Wildman–Crippen LogP) is 2.62. The lowest BCUT2D eigenvalue weighted by molar-refractivity contribution is -0.384. The van der Waals surface area contributed by atoms with Crippen LogP contribution in [0.5, 0.6) is 0 Å². The maximum atomic E-state index is 11.1. The molecule has 2 rings (SSSR count). The van der Waals surface area contributed by atoms with Gasteiger partial charge in [0.25, 0.3) is 5.69 Å². The summed E-state index contributed by atoms with van der Waals surface area (Å²) in [5, 5.41) is 24.0. The average Bonchev–Trinajstić information content (AvgIpc) is 2.94. The molecule has 6 nitrogen and oxygen atoms in total. The van der Waals surface area contributed by atoms with E-state index in [-0.39, 0.29) is 22.6 Å². The second-order valence-corrected chi connectivity index (χ2v) is 5.66. The van der Waals surface area contributed by atoms with Gasteiger partial charge in [0.1, 0.15) is 0 Å². The lowest BCUT2D eigenvalue weighted by Crippen LogP contribution is -2.24. The molecule has 0 aliphatic carbocycles. The highest BCUT2D eigenvalue weighted by atomic mass is 16.6. The molecule has 0 spiro atoms. The zero-order valence-corrected chi connectivity index (χ0v) is 12.6. The number of aliphatic hydroxyl groups is 1. The largest absolute Gasteiger partial charge is 0.393 e. The van der Waals surface area contributed by atoms with Gasteiger partial charge < -0.3 is 15.3 Å². The molecule has 0 saturated carbocycles. The van der Waals surface area contributed by atoms with Crippen LogP contribution in [-0.4, -0.2) is 35.8 Å². The van der Waals surface area contributed by atoms with E-state index < -0.39 is 0 Å². The summed E-state index contributed by atoms with van der Waals surface area (Å²) in [6.45, 7) is 6.21. The van der Waals surface area contributed by atoms with Gasteiger partial charge >= 0.3 is 0 Å². The molecule has 2 atom stereocenters. The summed E-state index contributed by atoms with van der Waals surface area (Å²) in [4.78, 5) is 12.8. The van der Waals surface area contributed by atoms with Gasteiger partial charge in [0.05, 0.1) is 11.0 Å². The van der Waals surface area contributed by atoms with Crippen molar-refractivity contribution in [2.24, 2.45) is 5.92 Å². The number of hydrogen-bond acceptors (Lipinski definition) is 5. The molecule has 1 heterocycles. The lowest BCUT2D eigenvalue weighted by Gasteiger charge is -2.20. The van der Waals surface area contributed by atoms with Crippen LogP contribution in [0.25, 0.3) is 0 Å². The second kappa shape index (κ2) is 6.76. The molecule has 1 saturated heterocycles. The van der Waals surface area contributed by atoms with Crippen LogP contribution in [0.1, 0.15) is 26.7 Å². The van der Waals surface area contributed by atoms with Crippen LogP contribution in [0, 0.1) is 16.0 Å². The van der Waals surface area contributed by atoms with E-state index >= 15 is 0 Å². The Bertz CT molecular complexity index is 505. The third-order valence-electron chi connectivity index (χ3n) is 3.96. The third kappa shape index (κ3) is 3.85. The summed E-state index contributed by atoms with van der Waals surface area (Å²) in [7, 11) is 0. The van der Waals surface area contributed by atoms with E-state index in [2.05, 4.69) is 17.1 Å². The SMILES string of the molecule is CCCNc1cc(N2CCC(C(C)O)C2)cc([N+](=O)[O-])c1. The molecule has 1 aliphatic rings. The maximum Gasteiger partial charge on any atom is 0.273 e. The molecular weight excluding hydrogens is 270 g/mol. The van der Waals surface area contributed by atoms with Gasteiger partial charge in [-0.25, -0.2) is 0 Å². The van der Waals surface area contributed by atoms with Crippen molar-refractivity contribution < 1.29 is 10.0 Å². The van der Waals surface area contributed by atoms with Gasteiger partial charge in [-0.2, -0.15) is 0 Å². The summed E-state index contributed by atoms with van der Waals surface area (Å²) < 4.78 is 0. The Morgan fingerprint density at radius 3 is 2.86 bits per heavy atom. The van der Waals surface area contributed by atoms with Gasteiger partial charge in [0, 0.05) is 49.1 Å². The van der Waals surface area contributed by atoms with Gasteiger partial charge in [0.15, 0.2) is 0 Å². The summed E-state index contributed by atoms with van der Waals surface area (Å²) >= 11 is 0. The number of nitrogens with zero attached hydrogens (tertiary/aromatic N) is 2. The van der Waals surface area contributed by atoms with Crippen LogP contribution in [0.4, 0.5) is 17.1 Å². The van der Waals surface area contributed by atoms with E-state index in [4.69, 9.17) is 0 Å². The molecule has 2 N–H and O–H groups in total. The number of nitro benzene ring substituents is 1. The highest BCUT2D eigenvalue weighted by molar-refractivity contribution is 5.65. The Kier molecular flexibility index (Phi) is 5.01. The lowest BCUT2D eigenvalue weighted by atomic mass is 10.0. The first-order valence-electron chi connectivity index (χ1n) is 7.47. The first-order valence-corrected chi connectivity index (χ1v) is 7.47. The monoisotopic (exact) mass is 293 g/mol. The fourth-order valence-electron chi connectivity index (χ4n) is 2.67. The van der Waals surface area contributed by atoms with E-state index in [9.17, 15) is 15.2 Å². The standard InChI is InChI=1S/C15H23N3O3/c1-3-5-16-13-7-14(9-15(8-13)18(20)21)17-6-4-12(10-17)11(2)19/h7-9,11-12,16,19H,3-6,10H2,1-2H3. The molecule has 1 fully saturated rings. The Labute approximate surface area is 124 Å². The van der Waals surface area contributed by atoms with Crippen molar-refractivity contribution >= 4 is 17.1 Å². The van der Waals surface area contributed by atoms with Crippen LogP contribution in [0.15, 0.2) is 18.2 Å². The molecule has 116 valence electrons. The van der Waals surface area contributed by atoms with E-state index in [0.29, 0.717) is 0 Å². The number of aliphatic hydroxyl groups excluding tert-OH is 1. The molecule has 1 aliphatic heterocycles. The van der Waals surface area contributed by atoms with Crippen molar-refractivity contribution in [3.05, 3.63) is 28.3 Å². The predicted molar refractivity (Wildman–Crippen MR) is 83.9 cm³/mol. The summed E-state index contributed by atoms with van der Waals surface area (Å²) in [5.74, 6) is 0.233. The summed E-state index contributed by atoms with van der Waals surface area (Å²) in [6.07, 6.45) is 1.54. The fraction of sp³-hybridized carbons (Fsp3) is 0.600. The molecule has 0 radical (unpaired) electrons. The number of nitro groups is 1. The van der Waals surface area contributed by atoms with Crippen LogP contribution in [0.2, 0.25) is 0 Å². The smallest absolute Gasteiger partial charge is 0.273 e. The maximum absolute atomic E-state index is 11.1. The highest BCUT2D eigenvalue weighted by Gasteiger charge is 2.27. The normalized spacial score (nSPS) is 19.6. The van der Waals surface area contributed by atoms with Gasteiger partial charge in [-0.3, -0.25) is 10.1 Å². The van der Waals surface area contributed by atoms with Crippen molar-refractivity contribution in [3.63, 3.8) is 0 Å². The van der Waals surface area contributed by atoms with Crippen molar-refractivity contribution in [1.29, 1.82) is 0 Å². The molecular formula is C15H23N3O3. The number of hydrogen-bond donors (Lipinski definition) is 2. The first-order chi connectivity index (χ1) is 10.0. The van der Waals surface area contributed by atoms with Gasteiger partial charge in [-0.15, -0.1) is 0 Å². The minimum Gasteiger partial charge on any atom is -0.393 e. The fourth-order valence-corrected chi connectivity index (χ4v) is 2.67. The van der Waals surface area contributed by atoms with Crippen LogP contribution < -0.4 is 10.2 Å². The van der Waals surface area contributed by atoms with E-state index in [1.54, 1.807) is 19.1 Å². The minimum absolute atomic E-state index is 0.103. The Hall–Kier alpha value is -1.82. The molecule has 6 heteroatoms. The van der Waals surface area contributed by atoms with E-state index in [1.807, 2.05) is 6.07 Å². The first kappa shape index (κ1) is 15.6. The van der Waals surface area contributed by atoms with E-state index in [0.717, 1.165) is 43.9 Å². The number of nitrogens with one attached hydrogen (secondary N) is 1. The molecule has 0 amide bonds. The quantitative estimate of drug-likeness (QED) is 0.622. The molecule has 1 aromatic carbocycles. The summed E-state index contributed by atoms with van der Waals surface area (Å²) in [5.41, 5.74) is 1.74. The highest BCUT2D eigenvalue weighted by Crippen LogP contribution is 2.31. The van der Waals surface area contributed by atoms with Crippen molar-refractivity contribution in [2.45, 2.75) is 32.8 Å². The Morgan fingerprint density at radius 1 is 1.52 bits per heavy atom. The van der Waals surface area contributed by atoms with Crippen LogP contribution in [0.3, 0.4) is 0 Å². The average molecular weight is 293 g/mol. The molecule has 1 aromatic rings. The molecule has 2 unspecified atom stereocenters. The number of non-ortho nitro benzene ring substituents is 1. The molecule has 0 aromatic heterocycles. The topological polar surface area (TPSA) is 78.6 Å². The Morgan fingerprint density at radius 2 is 2.29 bits per heavy atom. The summed E-state index contributed by atoms with van der Waals surface area (Å²) in [6, 6.07) is 5.13. The number of benzene rings is 1. The zero-order valence-electron chi connectivity index (χ0n) is 12.6. The number of rotatable bonds is 6. The molecule has 21 heavy (non-hydrogen) atoms. The van der Waals surface area contributed by atoms with Crippen molar-refractivity contribution in [3.8, 4) is 0 Å². The van der Waals surface area contributed by atoms with Crippen LogP contribution >= 0.6 is 0 Å². The van der Waals surface area contributed by atoms with Gasteiger partial charge in [-0.05, 0) is 25.8 Å². The van der Waals surface area contributed by atoms with Gasteiger partial charge in [-0.1, -0.05) is 6.92 Å². The van der Waals surface area contributed by atoms with E-state index in [1.165, 1.54) is 0 Å². The minimum atomic E-state index is -0.358. The van der Waals surface area contributed by atoms with Crippen molar-refractivity contribution in [2.75, 3.05) is 29.9 Å². The van der Waals surface area contributed by atoms with Crippen molar-refractivity contribution in [1.82, 2.24) is 0 Å².